The molecule has 2 aliphatic rings. The van der Waals surface area contributed by atoms with E-state index in [1.54, 1.807) is 10.5 Å². The molecule has 0 radical (unpaired) electrons. The maximum atomic E-state index is 15.2. The maximum Gasteiger partial charge on any atom is 0.257 e. The molecule has 7 heteroatoms. The minimum Gasteiger partial charge on any atom is -0.325 e. The van der Waals surface area contributed by atoms with Gasteiger partial charge >= 0.3 is 0 Å². The zero-order valence-corrected chi connectivity index (χ0v) is 18.1. The van der Waals surface area contributed by atoms with Gasteiger partial charge in [0.05, 0.1) is 17.6 Å². The van der Waals surface area contributed by atoms with Gasteiger partial charge in [-0.3, -0.25) is 8.79 Å². The van der Waals surface area contributed by atoms with Crippen LogP contribution in [0.15, 0.2) is 36.4 Å². The summed E-state index contributed by atoms with van der Waals surface area (Å²) >= 11 is 0. The van der Waals surface area contributed by atoms with Crippen molar-refractivity contribution >= 4 is 28.2 Å². The Balaban J connectivity index is 1.49. The van der Waals surface area contributed by atoms with Crippen molar-refractivity contribution in [2.24, 2.45) is 5.41 Å². The van der Waals surface area contributed by atoms with Crippen molar-refractivity contribution in [1.82, 2.24) is 19.6 Å². The predicted octanol–water partition coefficient (Wildman–Crippen LogP) is 5.49. The van der Waals surface area contributed by atoms with Gasteiger partial charge in [0.2, 0.25) is 0 Å². The SMILES string of the molecule is Cc1nnc2nc(N3CCCc4c(CCC5(CF)CC5)cccc43)c3c(F)cccc3n12. The molecule has 2 aromatic heterocycles. The molecule has 6 rings (SSSR count). The van der Waals surface area contributed by atoms with E-state index in [0.29, 0.717) is 22.8 Å². The smallest absolute Gasteiger partial charge is 0.257 e. The van der Waals surface area contributed by atoms with Crippen LogP contribution in [-0.4, -0.2) is 32.8 Å². The van der Waals surface area contributed by atoms with Crippen LogP contribution in [0.1, 0.15) is 42.6 Å². The number of aryl methyl sites for hydroxylation is 2. The van der Waals surface area contributed by atoms with Gasteiger partial charge < -0.3 is 4.90 Å². The quantitative estimate of drug-likeness (QED) is 0.417. The van der Waals surface area contributed by atoms with E-state index in [0.717, 1.165) is 56.3 Å². The first kappa shape index (κ1) is 19.6. The van der Waals surface area contributed by atoms with Gasteiger partial charge in [0.15, 0.2) is 0 Å². The summed E-state index contributed by atoms with van der Waals surface area (Å²) in [5, 5.41) is 8.86. The molecule has 1 aliphatic carbocycles. The van der Waals surface area contributed by atoms with E-state index in [1.807, 2.05) is 13.0 Å². The van der Waals surface area contributed by atoms with Crippen LogP contribution in [0.5, 0.6) is 0 Å². The fourth-order valence-electron chi connectivity index (χ4n) is 5.15. The lowest BCUT2D eigenvalue weighted by Gasteiger charge is -2.32. The van der Waals surface area contributed by atoms with E-state index in [1.165, 1.54) is 17.2 Å². The molecule has 5 nitrogen and oxygen atoms in total. The van der Waals surface area contributed by atoms with Gasteiger partial charge in [0, 0.05) is 12.2 Å². The van der Waals surface area contributed by atoms with Gasteiger partial charge in [-0.15, -0.1) is 10.2 Å². The first-order valence-corrected chi connectivity index (χ1v) is 11.3. The second-order valence-electron chi connectivity index (χ2n) is 9.26. The number of nitrogens with zero attached hydrogens (tertiary/aromatic N) is 5. The van der Waals surface area contributed by atoms with Crippen molar-refractivity contribution in [3.8, 4) is 0 Å². The Labute approximate surface area is 185 Å². The van der Waals surface area contributed by atoms with E-state index in [-0.39, 0.29) is 17.9 Å². The van der Waals surface area contributed by atoms with Crippen LogP contribution in [0.4, 0.5) is 20.3 Å². The topological polar surface area (TPSA) is 46.3 Å². The van der Waals surface area contributed by atoms with Crippen molar-refractivity contribution in [3.05, 3.63) is 59.2 Å². The number of fused-ring (bicyclic) bond motifs is 4. The van der Waals surface area contributed by atoms with Crippen LogP contribution in [0.2, 0.25) is 0 Å². The van der Waals surface area contributed by atoms with E-state index in [2.05, 4.69) is 33.3 Å². The second kappa shape index (κ2) is 7.22. The molecule has 2 aromatic carbocycles. The zero-order valence-electron chi connectivity index (χ0n) is 18.1. The molecule has 1 saturated carbocycles. The standard InChI is InChI=1S/C25H25F2N5/c1-16-29-30-24-28-23(22-19(27)7-3-9-21(22)32(16)24)31-14-4-6-18-17(5-2-8-20(18)31)10-11-25(15-26)12-13-25/h2-3,5,7-9H,4,6,10-15H2,1H3. The highest BCUT2D eigenvalue weighted by Gasteiger charge is 2.42. The summed E-state index contributed by atoms with van der Waals surface area (Å²) < 4.78 is 30.4. The Bertz CT molecular complexity index is 1340. The minimum absolute atomic E-state index is 0.0888. The minimum atomic E-state index is -0.304. The summed E-state index contributed by atoms with van der Waals surface area (Å²) in [6.45, 7) is 2.38. The zero-order chi connectivity index (χ0) is 21.9. The van der Waals surface area contributed by atoms with Crippen molar-refractivity contribution in [3.63, 3.8) is 0 Å². The summed E-state index contributed by atoms with van der Waals surface area (Å²) in [5.74, 6) is 1.43. The largest absolute Gasteiger partial charge is 0.325 e. The van der Waals surface area contributed by atoms with Crippen LogP contribution in [0, 0.1) is 18.2 Å². The van der Waals surface area contributed by atoms with Crippen molar-refractivity contribution < 1.29 is 8.78 Å². The normalized spacial score (nSPS) is 17.2. The van der Waals surface area contributed by atoms with Crippen LogP contribution in [-0.2, 0) is 12.8 Å². The Morgan fingerprint density at radius 3 is 2.75 bits per heavy atom. The first-order valence-electron chi connectivity index (χ1n) is 11.3. The number of anilines is 2. The Hall–Kier alpha value is -3.09. The summed E-state index contributed by atoms with van der Waals surface area (Å²) in [4.78, 5) is 6.90. The summed E-state index contributed by atoms with van der Waals surface area (Å²) in [6.07, 6.45) is 5.69. The molecule has 1 fully saturated rings. The average molecular weight is 434 g/mol. The van der Waals surface area contributed by atoms with Gasteiger partial charge in [0.25, 0.3) is 5.78 Å². The molecule has 0 spiro atoms. The van der Waals surface area contributed by atoms with Crippen molar-refractivity contribution in [1.29, 1.82) is 0 Å². The van der Waals surface area contributed by atoms with Crippen molar-refractivity contribution in [2.75, 3.05) is 18.1 Å². The summed E-state index contributed by atoms with van der Waals surface area (Å²) in [6, 6.07) is 11.4. The molecular weight excluding hydrogens is 408 g/mol. The fourth-order valence-corrected chi connectivity index (χ4v) is 5.15. The molecule has 32 heavy (non-hydrogen) atoms. The lowest BCUT2D eigenvalue weighted by atomic mass is 9.90. The molecule has 4 aromatic rings. The van der Waals surface area contributed by atoms with Gasteiger partial charge in [-0.2, -0.15) is 4.98 Å². The van der Waals surface area contributed by atoms with E-state index < -0.39 is 0 Å². The molecule has 0 atom stereocenters. The van der Waals surface area contributed by atoms with E-state index in [9.17, 15) is 4.39 Å². The monoisotopic (exact) mass is 433 g/mol. The molecule has 0 bridgehead atoms. The van der Waals surface area contributed by atoms with Crippen LogP contribution in [0.25, 0.3) is 16.7 Å². The highest BCUT2D eigenvalue weighted by atomic mass is 19.1. The Morgan fingerprint density at radius 1 is 1.09 bits per heavy atom. The predicted molar refractivity (Wildman–Crippen MR) is 121 cm³/mol. The molecule has 0 N–H and O–H groups in total. The van der Waals surface area contributed by atoms with Gasteiger partial charge in [-0.25, -0.2) is 4.39 Å². The fraction of sp³-hybridized carbons (Fsp3) is 0.400. The third-order valence-corrected chi connectivity index (χ3v) is 7.24. The van der Waals surface area contributed by atoms with Crippen LogP contribution in [0.3, 0.4) is 0 Å². The lowest BCUT2D eigenvalue weighted by molar-refractivity contribution is 0.324. The summed E-state index contributed by atoms with van der Waals surface area (Å²) in [5.41, 5.74) is 4.24. The number of hydrogen-bond donors (Lipinski definition) is 0. The van der Waals surface area contributed by atoms with Crippen LogP contribution < -0.4 is 4.90 Å². The number of alkyl halides is 1. The highest BCUT2D eigenvalue weighted by molar-refractivity contribution is 5.94. The molecule has 1 aliphatic heterocycles. The van der Waals surface area contributed by atoms with Gasteiger partial charge in [-0.1, -0.05) is 18.2 Å². The second-order valence-corrected chi connectivity index (χ2v) is 9.26. The molecule has 0 unspecified atom stereocenters. The first-order chi connectivity index (χ1) is 15.6. The molecule has 0 amide bonds. The molecule has 0 saturated heterocycles. The highest BCUT2D eigenvalue weighted by Crippen LogP contribution is 2.50. The average Bonchev–Trinajstić information content (AvgIpc) is 3.51. The third-order valence-electron chi connectivity index (χ3n) is 7.24. The maximum absolute atomic E-state index is 15.2. The summed E-state index contributed by atoms with van der Waals surface area (Å²) in [7, 11) is 0. The Kier molecular flexibility index (Phi) is 4.42. The van der Waals surface area contributed by atoms with Gasteiger partial charge in [0.1, 0.15) is 17.5 Å². The van der Waals surface area contributed by atoms with E-state index in [4.69, 9.17) is 4.98 Å². The molecule has 3 heterocycles. The number of halogens is 2. The molecule has 164 valence electrons. The van der Waals surface area contributed by atoms with Crippen molar-refractivity contribution in [2.45, 2.75) is 45.4 Å². The van der Waals surface area contributed by atoms with Gasteiger partial charge in [-0.05, 0) is 80.2 Å². The number of aromatic nitrogens is 4. The van der Waals surface area contributed by atoms with E-state index >= 15 is 4.39 Å². The number of hydrogen-bond acceptors (Lipinski definition) is 4. The molecular formula is C25H25F2N5. The third kappa shape index (κ3) is 2.98. The number of rotatable bonds is 5. The Morgan fingerprint density at radius 2 is 1.94 bits per heavy atom. The van der Waals surface area contributed by atoms with Crippen LogP contribution >= 0.6 is 0 Å². The number of benzene rings is 2. The lowest BCUT2D eigenvalue weighted by Crippen LogP contribution is -2.27.